The summed E-state index contributed by atoms with van der Waals surface area (Å²) < 4.78 is 24.7. The molecule has 2 aromatic rings. The Kier molecular flexibility index (Phi) is 5.82. The van der Waals surface area contributed by atoms with Crippen molar-refractivity contribution >= 4 is 17.6 Å². The first kappa shape index (κ1) is 17.1. The van der Waals surface area contributed by atoms with Gasteiger partial charge < -0.3 is 14.6 Å². The monoisotopic (exact) mass is 338 g/mol. The van der Waals surface area contributed by atoms with Crippen molar-refractivity contribution in [2.75, 3.05) is 0 Å². The largest absolute Gasteiger partial charge is 0.491 e. The van der Waals surface area contributed by atoms with Crippen molar-refractivity contribution in [2.45, 2.75) is 25.9 Å². The van der Waals surface area contributed by atoms with Gasteiger partial charge in [-0.3, -0.25) is 4.79 Å². The zero-order valence-corrected chi connectivity index (χ0v) is 13.2. The van der Waals surface area contributed by atoms with Gasteiger partial charge in [0.25, 0.3) is 0 Å². The molecule has 0 aliphatic heterocycles. The predicted octanol–water partition coefficient (Wildman–Crippen LogP) is 4.90. The average molecular weight is 339 g/mol. The standard InChI is InChI=1S/C17H16ClFO4/c1-11(2-9-17(20)21)22-13-4-6-14(7-5-13)23-16-8-3-12(18)10-15(16)19/h3-8,10-11H,2,9H2,1H3,(H,20,21). The molecule has 0 saturated carbocycles. The molecule has 4 nitrogen and oxygen atoms in total. The summed E-state index contributed by atoms with van der Waals surface area (Å²) >= 11 is 5.69. The van der Waals surface area contributed by atoms with E-state index >= 15 is 0 Å². The Balaban J connectivity index is 1.95. The fourth-order valence-electron chi connectivity index (χ4n) is 1.89. The predicted molar refractivity (Wildman–Crippen MR) is 84.9 cm³/mol. The Labute approximate surface area is 138 Å². The smallest absolute Gasteiger partial charge is 0.303 e. The molecule has 2 rings (SSSR count). The molecule has 6 heteroatoms. The Hall–Kier alpha value is -2.27. The molecule has 0 aliphatic carbocycles. The Morgan fingerprint density at radius 2 is 1.87 bits per heavy atom. The summed E-state index contributed by atoms with van der Waals surface area (Å²) in [5, 5.41) is 8.93. The summed E-state index contributed by atoms with van der Waals surface area (Å²) in [5.74, 6) is -0.268. The van der Waals surface area contributed by atoms with Gasteiger partial charge in [-0.15, -0.1) is 0 Å². The third kappa shape index (κ3) is 5.45. The molecule has 1 unspecified atom stereocenters. The number of carboxylic acid groups (broad SMARTS) is 1. The van der Waals surface area contributed by atoms with Crippen LogP contribution in [0.1, 0.15) is 19.8 Å². The molecule has 0 heterocycles. The molecular formula is C17H16ClFO4. The molecule has 0 aromatic heterocycles. The molecule has 23 heavy (non-hydrogen) atoms. The van der Waals surface area contributed by atoms with Gasteiger partial charge >= 0.3 is 5.97 Å². The van der Waals surface area contributed by atoms with Crippen LogP contribution in [0.5, 0.6) is 17.2 Å². The molecule has 2 aromatic carbocycles. The Morgan fingerprint density at radius 1 is 1.22 bits per heavy atom. The quantitative estimate of drug-likeness (QED) is 0.779. The molecule has 1 N–H and O–H groups in total. The highest BCUT2D eigenvalue weighted by molar-refractivity contribution is 6.30. The molecule has 0 aliphatic rings. The number of hydrogen-bond acceptors (Lipinski definition) is 3. The minimum atomic E-state index is -0.853. The highest BCUT2D eigenvalue weighted by Crippen LogP contribution is 2.28. The lowest BCUT2D eigenvalue weighted by molar-refractivity contribution is -0.137. The number of ether oxygens (including phenoxy) is 2. The van der Waals surface area contributed by atoms with Crippen LogP contribution >= 0.6 is 11.6 Å². The van der Waals surface area contributed by atoms with Crippen molar-refractivity contribution in [3.8, 4) is 17.2 Å². The first-order valence-electron chi connectivity index (χ1n) is 7.05. The number of benzene rings is 2. The van der Waals surface area contributed by atoms with E-state index in [4.69, 9.17) is 26.2 Å². The summed E-state index contributed by atoms with van der Waals surface area (Å²) in [6.07, 6.45) is 0.258. The van der Waals surface area contributed by atoms with Gasteiger partial charge in [-0.25, -0.2) is 4.39 Å². The van der Waals surface area contributed by atoms with Gasteiger partial charge in [0.2, 0.25) is 0 Å². The van der Waals surface area contributed by atoms with Crippen LogP contribution in [0.3, 0.4) is 0 Å². The van der Waals surface area contributed by atoms with Crippen molar-refractivity contribution in [2.24, 2.45) is 0 Å². The van der Waals surface area contributed by atoms with Gasteiger partial charge in [-0.1, -0.05) is 11.6 Å². The molecule has 0 amide bonds. The van der Waals surface area contributed by atoms with Crippen LogP contribution in [-0.4, -0.2) is 17.2 Å². The zero-order valence-electron chi connectivity index (χ0n) is 12.5. The second-order valence-corrected chi connectivity index (χ2v) is 5.45. The van der Waals surface area contributed by atoms with Gasteiger partial charge in [-0.2, -0.15) is 0 Å². The molecule has 0 bridgehead atoms. The van der Waals surface area contributed by atoms with E-state index in [0.29, 0.717) is 22.9 Å². The van der Waals surface area contributed by atoms with Crippen molar-refractivity contribution < 1.29 is 23.8 Å². The second kappa shape index (κ2) is 7.83. The van der Waals surface area contributed by atoms with Crippen molar-refractivity contribution in [1.29, 1.82) is 0 Å². The summed E-state index contributed by atoms with van der Waals surface area (Å²) in [5.41, 5.74) is 0. The lowest BCUT2D eigenvalue weighted by atomic mass is 10.2. The van der Waals surface area contributed by atoms with Crippen molar-refractivity contribution in [3.05, 3.63) is 53.3 Å². The van der Waals surface area contributed by atoms with Crippen LogP contribution < -0.4 is 9.47 Å². The van der Waals surface area contributed by atoms with E-state index in [0.717, 1.165) is 0 Å². The van der Waals surface area contributed by atoms with E-state index in [1.807, 2.05) is 0 Å². The molecule has 0 fully saturated rings. The number of aliphatic carboxylic acids is 1. The molecule has 0 saturated heterocycles. The lowest BCUT2D eigenvalue weighted by Crippen LogP contribution is -2.13. The molecule has 122 valence electrons. The maximum Gasteiger partial charge on any atom is 0.303 e. The van der Waals surface area contributed by atoms with Crippen LogP contribution in [0.15, 0.2) is 42.5 Å². The SMILES string of the molecule is CC(CCC(=O)O)Oc1ccc(Oc2ccc(Cl)cc2F)cc1. The summed E-state index contributed by atoms with van der Waals surface area (Å²) in [4.78, 5) is 10.5. The van der Waals surface area contributed by atoms with Gasteiger partial charge in [0.15, 0.2) is 11.6 Å². The summed E-state index contributed by atoms with van der Waals surface area (Å²) in [6.45, 7) is 1.80. The first-order chi connectivity index (χ1) is 10.9. The zero-order chi connectivity index (χ0) is 16.8. The van der Waals surface area contributed by atoms with E-state index in [9.17, 15) is 9.18 Å². The fraction of sp³-hybridized carbons (Fsp3) is 0.235. The average Bonchev–Trinajstić information content (AvgIpc) is 2.50. The van der Waals surface area contributed by atoms with Gasteiger partial charge in [0.1, 0.15) is 11.5 Å². The maximum atomic E-state index is 13.7. The first-order valence-corrected chi connectivity index (χ1v) is 7.43. The van der Waals surface area contributed by atoms with E-state index < -0.39 is 11.8 Å². The molecule has 1 atom stereocenters. The highest BCUT2D eigenvalue weighted by atomic mass is 35.5. The van der Waals surface area contributed by atoms with Crippen LogP contribution in [-0.2, 0) is 4.79 Å². The van der Waals surface area contributed by atoms with Gasteiger partial charge in [0, 0.05) is 11.4 Å². The van der Waals surface area contributed by atoms with E-state index in [1.54, 1.807) is 37.3 Å². The Bertz CT molecular complexity index is 673. The normalized spacial score (nSPS) is 11.8. The van der Waals surface area contributed by atoms with Crippen LogP contribution in [0, 0.1) is 5.82 Å². The number of carboxylic acids is 1. The number of halogens is 2. The molecule has 0 spiro atoms. The Morgan fingerprint density at radius 3 is 2.48 bits per heavy atom. The van der Waals surface area contributed by atoms with E-state index in [2.05, 4.69) is 0 Å². The van der Waals surface area contributed by atoms with Crippen LogP contribution in [0.4, 0.5) is 4.39 Å². The topological polar surface area (TPSA) is 55.8 Å². The number of hydrogen-bond donors (Lipinski definition) is 1. The maximum absolute atomic E-state index is 13.7. The van der Waals surface area contributed by atoms with Crippen LogP contribution in [0.25, 0.3) is 0 Å². The number of carbonyl (C=O) groups is 1. The van der Waals surface area contributed by atoms with Gasteiger partial charge in [0.05, 0.1) is 6.10 Å². The summed E-state index contributed by atoms with van der Waals surface area (Å²) in [7, 11) is 0. The third-order valence-electron chi connectivity index (χ3n) is 3.05. The van der Waals surface area contributed by atoms with Crippen molar-refractivity contribution in [3.63, 3.8) is 0 Å². The third-order valence-corrected chi connectivity index (χ3v) is 3.28. The summed E-state index contributed by atoms with van der Waals surface area (Å²) in [6, 6.07) is 10.8. The fourth-order valence-corrected chi connectivity index (χ4v) is 2.05. The van der Waals surface area contributed by atoms with E-state index in [1.165, 1.54) is 12.1 Å². The highest BCUT2D eigenvalue weighted by Gasteiger charge is 2.08. The van der Waals surface area contributed by atoms with Crippen LogP contribution in [0.2, 0.25) is 5.02 Å². The minimum Gasteiger partial charge on any atom is -0.491 e. The van der Waals surface area contributed by atoms with Gasteiger partial charge in [-0.05, 0) is 55.8 Å². The minimum absolute atomic E-state index is 0.0538. The van der Waals surface area contributed by atoms with Crippen molar-refractivity contribution in [1.82, 2.24) is 0 Å². The second-order valence-electron chi connectivity index (χ2n) is 5.01. The molecular weight excluding hydrogens is 323 g/mol. The van der Waals surface area contributed by atoms with E-state index in [-0.39, 0.29) is 18.3 Å². The lowest BCUT2D eigenvalue weighted by Gasteiger charge is -2.14. The number of rotatable bonds is 7. The molecule has 0 radical (unpaired) electrons.